The zero-order chi connectivity index (χ0) is 11.5. The van der Waals surface area contributed by atoms with Crippen LogP contribution in [0.25, 0.3) is 0 Å². The molecule has 16 heavy (non-hydrogen) atoms. The second-order valence-electron chi connectivity index (χ2n) is 4.20. The van der Waals surface area contributed by atoms with E-state index in [-0.39, 0.29) is 0 Å². The van der Waals surface area contributed by atoms with E-state index in [1.807, 2.05) is 6.92 Å². The van der Waals surface area contributed by atoms with Crippen molar-refractivity contribution in [2.45, 2.75) is 32.2 Å². The van der Waals surface area contributed by atoms with Gasteiger partial charge >= 0.3 is 0 Å². The zero-order valence-corrected chi connectivity index (χ0v) is 11.8. The smallest absolute Gasteiger partial charge is 0.129 e. The number of hydrogen-bond donors (Lipinski definition) is 0. The molecule has 1 heterocycles. The summed E-state index contributed by atoms with van der Waals surface area (Å²) >= 11 is 9.34. The van der Waals surface area contributed by atoms with Crippen molar-refractivity contribution in [2.75, 3.05) is 17.3 Å². The van der Waals surface area contributed by atoms with Crippen LogP contribution in [0.15, 0.2) is 16.6 Å². The number of alkyl halides is 1. The first-order valence-electron chi connectivity index (χ1n) is 5.68. The number of rotatable bonds is 4. The lowest BCUT2D eigenvalue weighted by molar-refractivity contribution is 0.388. The van der Waals surface area contributed by atoms with Gasteiger partial charge in [-0.25, -0.2) is 4.98 Å². The highest BCUT2D eigenvalue weighted by molar-refractivity contribution is 9.10. The molecule has 0 unspecified atom stereocenters. The Morgan fingerprint density at radius 2 is 2.25 bits per heavy atom. The van der Waals surface area contributed by atoms with Gasteiger partial charge in [-0.1, -0.05) is 0 Å². The number of halogens is 2. The highest BCUT2D eigenvalue weighted by atomic mass is 79.9. The van der Waals surface area contributed by atoms with Crippen molar-refractivity contribution in [3.63, 3.8) is 0 Å². The zero-order valence-electron chi connectivity index (χ0n) is 9.42. The summed E-state index contributed by atoms with van der Waals surface area (Å²) < 4.78 is 1.07. The van der Waals surface area contributed by atoms with Gasteiger partial charge in [-0.05, 0) is 54.2 Å². The summed E-state index contributed by atoms with van der Waals surface area (Å²) in [4.78, 5) is 6.96. The Hall–Kier alpha value is -0.280. The van der Waals surface area contributed by atoms with E-state index >= 15 is 0 Å². The SMILES string of the molecule is Cc1nc(N(CCCl)C2CCC2)ccc1Br. The number of nitrogens with zero attached hydrogens (tertiary/aromatic N) is 2. The molecule has 0 N–H and O–H groups in total. The van der Waals surface area contributed by atoms with Crippen LogP contribution in [-0.4, -0.2) is 23.5 Å². The molecule has 1 saturated carbocycles. The van der Waals surface area contributed by atoms with Gasteiger partial charge in [0.15, 0.2) is 0 Å². The maximum atomic E-state index is 5.86. The van der Waals surface area contributed by atoms with E-state index in [2.05, 4.69) is 37.9 Å². The van der Waals surface area contributed by atoms with Crippen LogP contribution in [0.4, 0.5) is 5.82 Å². The fourth-order valence-corrected chi connectivity index (χ4v) is 2.37. The Labute approximate surface area is 110 Å². The van der Waals surface area contributed by atoms with Gasteiger partial charge in [0.05, 0.1) is 5.69 Å². The van der Waals surface area contributed by atoms with E-state index in [4.69, 9.17) is 11.6 Å². The Morgan fingerprint density at radius 3 is 2.75 bits per heavy atom. The van der Waals surface area contributed by atoms with Crippen LogP contribution < -0.4 is 4.90 Å². The van der Waals surface area contributed by atoms with E-state index in [9.17, 15) is 0 Å². The monoisotopic (exact) mass is 302 g/mol. The van der Waals surface area contributed by atoms with Crippen LogP contribution in [0.2, 0.25) is 0 Å². The van der Waals surface area contributed by atoms with Gasteiger partial charge < -0.3 is 4.90 Å². The Bertz CT molecular complexity index is 366. The normalized spacial score (nSPS) is 15.9. The second kappa shape index (κ2) is 5.37. The summed E-state index contributed by atoms with van der Waals surface area (Å²) in [6.45, 7) is 2.91. The first-order valence-corrected chi connectivity index (χ1v) is 7.01. The van der Waals surface area contributed by atoms with Gasteiger partial charge in [-0.3, -0.25) is 0 Å². The van der Waals surface area contributed by atoms with Gasteiger partial charge in [-0.15, -0.1) is 11.6 Å². The molecule has 0 bridgehead atoms. The number of hydrogen-bond acceptors (Lipinski definition) is 2. The summed E-state index contributed by atoms with van der Waals surface area (Å²) in [5.41, 5.74) is 1.04. The average Bonchev–Trinajstić information content (AvgIpc) is 2.19. The van der Waals surface area contributed by atoms with Crippen molar-refractivity contribution in [3.05, 3.63) is 22.3 Å². The first kappa shape index (κ1) is 12.2. The molecule has 1 aliphatic rings. The molecule has 0 saturated heterocycles. The Balaban J connectivity index is 2.20. The van der Waals surface area contributed by atoms with Crippen LogP contribution in [0.5, 0.6) is 0 Å². The molecule has 0 aliphatic heterocycles. The topological polar surface area (TPSA) is 16.1 Å². The molecule has 2 rings (SSSR count). The molecule has 4 heteroatoms. The van der Waals surface area contributed by atoms with E-state index in [1.54, 1.807) is 0 Å². The van der Waals surface area contributed by atoms with E-state index in [1.165, 1.54) is 19.3 Å². The average molecular weight is 304 g/mol. The third-order valence-electron chi connectivity index (χ3n) is 3.14. The van der Waals surface area contributed by atoms with E-state index < -0.39 is 0 Å². The van der Waals surface area contributed by atoms with Crippen molar-refractivity contribution in [1.82, 2.24) is 4.98 Å². The van der Waals surface area contributed by atoms with Crippen molar-refractivity contribution >= 4 is 33.3 Å². The molecule has 1 aromatic rings. The van der Waals surface area contributed by atoms with Crippen molar-refractivity contribution in [1.29, 1.82) is 0 Å². The molecule has 1 aliphatic carbocycles. The predicted octanol–water partition coefficient (Wildman–Crippen LogP) is 3.75. The lowest BCUT2D eigenvalue weighted by Gasteiger charge is -2.38. The number of pyridine rings is 1. The van der Waals surface area contributed by atoms with Gasteiger partial charge in [0, 0.05) is 22.9 Å². The molecule has 0 aromatic carbocycles. The fourth-order valence-electron chi connectivity index (χ4n) is 1.96. The highest BCUT2D eigenvalue weighted by Gasteiger charge is 2.25. The van der Waals surface area contributed by atoms with E-state index in [0.29, 0.717) is 11.9 Å². The summed E-state index contributed by atoms with van der Waals surface area (Å²) in [6.07, 6.45) is 3.88. The molecular weight excluding hydrogens is 288 g/mol. The van der Waals surface area contributed by atoms with Crippen molar-refractivity contribution in [2.24, 2.45) is 0 Å². The standard InChI is InChI=1S/C12H16BrClN2/c1-9-11(13)5-6-12(15-9)16(8-7-14)10-3-2-4-10/h5-6,10H,2-4,7-8H2,1H3. The molecule has 1 aromatic heterocycles. The van der Waals surface area contributed by atoms with Crippen LogP contribution in [0.3, 0.4) is 0 Å². The first-order chi connectivity index (χ1) is 7.72. The molecule has 0 atom stereocenters. The Kier molecular flexibility index (Phi) is 4.09. The molecule has 0 spiro atoms. The number of anilines is 1. The summed E-state index contributed by atoms with van der Waals surface area (Å²) in [5.74, 6) is 1.72. The van der Waals surface area contributed by atoms with Gasteiger partial charge in [-0.2, -0.15) is 0 Å². The highest BCUT2D eigenvalue weighted by Crippen LogP contribution is 2.29. The second-order valence-corrected chi connectivity index (χ2v) is 5.44. The largest absolute Gasteiger partial charge is 0.352 e. The van der Waals surface area contributed by atoms with Crippen LogP contribution in [-0.2, 0) is 0 Å². The third-order valence-corrected chi connectivity index (χ3v) is 4.15. The van der Waals surface area contributed by atoms with Crippen LogP contribution in [0, 0.1) is 6.92 Å². The quantitative estimate of drug-likeness (QED) is 0.788. The maximum absolute atomic E-state index is 5.86. The third kappa shape index (κ3) is 2.51. The molecule has 1 fully saturated rings. The Morgan fingerprint density at radius 1 is 1.50 bits per heavy atom. The predicted molar refractivity (Wildman–Crippen MR) is 72.4 cm³/mol. The van der Waals surface area contributed by atoms with Gasteiger partial charge in [0.1, 0.15) is 5.82 Å². The molecule has 0 radical (unpaired) electrons. The van der Waals surface area contributed by atoms with Crippen LogP contribution >= 0.6 is 27.5 Å². The van der Waals surface area contributed by atoms with E-state index in [0.717, 1.165) is 22.5 Å². The minimum atomic E-state index is 0.645. The molecule has 2 nitrogen and oxygen atoms in total. The summed E-state index contributed by atoms with van der Waals surface area (Å²) in [7, 11) is 0. The molecule has 0 amide bonds. The van der Waals surface area contributed by atoms with Crippen molar-refractivity contribution < 1.29 is 0 Å². The molecular formula is C12H16BrClN2. The minimum absolute atomic E-state index is 0.645. The van der Waals surface area contributed by atoms with Gasteiger partial charge in [0.25, 0.3) is 0 Å². The van der Waals surface area contributed by atoms with Gasteiger partial charge in [0.2, 0.25) is 0 Å². The summed E-state index contributed by atoms with van der Waals surface area (Å²) in [5, 5.41) is 0. The number of aryl methyl sites for hydroxylation is 1. The summed E-state index contributed by atoms with van der Waals surface area (Å²) in [6, 6.07) is 4.78. The lowest BCUT2D eigenvalue weighted by Crippen LogP contribution is -2.42. The maximum Gasteiger partial charge on any atom is 0.129 e. The van der Waals surface area contributed by atoms with Crippen LogP contribution in [0.1, 0.15) is 25.0 Å². The molecule has 88 valence electrons. The van der Waals surface area contributed by atoms with Crippen molar-refractivity contribution in [3.8, 4) is 0 Å². The minimum Gasteiger partial charge on any atom is -0.352 e. The number of aromatic nitrogens is 1. The fraction of sp³-hybridized carbons (Fsp3) is 0.583. The lowest BCUT2D eigenvalue weighted by atomic mass is 9.91.